The lowest BCUT2D eigenvalue weighted by Crippen LogP contribution is -2.48. The summed E-state index contributed by atoms with van der Waals surface area (Å²) in [5, 5.41) is 6.53. The molecule has 3 heteroatoms. The molecule has 19 heavy (non-hydrogen) atoms. The van der Waals surface area contributed by atoms with E-state index in [1.54, 1.807) is 0 Å². The van der Waals surface area contributed by atoms with Crippen LogP contribution in [-0.2, 0) is 11.2 Å². The number of hydrogen-bond acceptors (Lipinski definition) is 2. The van der Waals surface area contributed by atoms with E-state index in [1.807, 2.05) is 12.1 Å². The van der Waals surface area contributed by atoms with Crippen molar-refractivity contribution in [3.8, 4) is 0 Å². The van der Waals surface area contributed by atoms with Gasteiger partial charge < -0.3 is 10.6 Å². The number of rotatable bonds is 4. The van der Waals surface area contributed by atoms with Gasteiger partial charge in [0.15, 0.2) is 0 Å². The van der Waals surface area contributed by atoms with Gasteiger partial charge in [-0.1, -0.05) is 36.8 Å². The topological polar surface area (TPSA) is 41.1 Å². The molecule has 104 valence electrons. The van der Waals surface area contributed by atoms with Crippen molar-refractivity contribution in [2.75, 3.05) is 13.1 Å². The molecule has 0 aliphatic carbocycles. The fourth-order valence-corrected chi connectivity index (χ4v) is 2.68. The maximum atomic E-state index is 11.9. The molecule has 1 aliphatic rings. The highest BCUT2D eigenvalue weighted by molar-refractivity contribution is 5.78. The highest BCUT2D eigenvalue weighted by Crippen LogP contribution is 2.14. The van der Waals surface area contributed by atoms with Crippen molar-refractivity contribution in [3.05, 3.63) is 35.4 Å². The van der Waals surface area contributed by atoms with Gasteiger partial charge in [-0.05, 0) is 37.8 Å². The Balaban J connectivity index is 1.78. The van der Waals surface area contributed by atoms with Crippen molar-refractivity contribution in [1.29, 1.82) is 0 Å². The second-order valence-electron chi connectivity index (χ2n) is 5.65. The molecule has 1 amide bonds. The van der Waals surface area contributed by atoms with Gasteiger partial charge in [0.2, 0.25) is 5.91 Å². The van der Waals surface area contributed by atoms with Crippen molar-refractivity contribution >= 4 is 5.91 Å². The van der Waals surface area contributed by atoms with Gasteiger partial charge in [0.1, 0.15) is 0 Å². The van der Waals surface area contributed by atoms with Crippen molar-refractivity contribution in [2.24, 2.45) is 5.92 Å². The van der Waals surface area contributed by atoms with Gasteiger partial charge in [0.05, 0.1) is 6.42 Å². The molecule has 0 radical (unpaired) electrons. The quantitative estimate of drug-likeness (QED) is 0.870. The van der Waals surface area contributed by atoms with Crippen LogP contribution in [0.5, 0.6) is 0 Å². The first-order valence-electron chi connectivity index (χ1n) is 7.21. The Morgan fingerprint density at radius 3 is 3.05 bits per heavy atom. The van der Waals surface area contributed by atoms with Crippen LogP contribution >= 0.6 is 0 Å². The summed E-state index contributed by atoms with van der Waals surface area (Å²) in [6.45, 7) is 6.12. The van der Waals surface area contributed by atoms with E-state index in [9.17, 15) is 4.79 Å². The summed E-state index contributed by atoms with van der Waals surface area (Å²) in [6, 6.07) is 8.56. The molecule has 3 nitrogen and oxygen atoms in total. The molecular weight excluding hydrogens is 236 g/mol. The third-order valence-corrected chi connectivity index (χ3v) is 3.90. The Kier molecular flexibility index (Phi) is 4.97. The molecule has 2 rings (SSSR count). The van der Waals surface area contributed by atoms with Gasteiger partial charge in [-0.3, -0.25) is 4.79 Å². The molecule has 1 aromatic rings. The number of benzene rings is 1. The number of carbonyl (C=O) groups is 1. The summed E-state index contributed by atoms with van der Waals surface area (Å²) < 4.78 is 0. The van der Waals surface area contributed by atoms with E-state index in [4.69, 9.17) is 0 Å². The average molecular weight is 260 g/mol. The second kappa shape index (κ2) is 6.71. The Labute approximate surface area is 115 Å². The molecule has 0 aromatic heterocycles. The van der Waals surface area contributed by atoms with Crippen LogP contribution in [0.15, 0.2) is 24.3 Å². The number of carbonyl (C=O) groups excluding carboxylic acids is 1. The molecule has 0 saturated carbocycles. The number of hydrogen-bond donors (Lipinski definition) is 2. The summed E-state index contributed by atoms with van der Waals surface area (Å²) in [6.07, 6.45) is 2.98. The van der Waals surface area contributed by atoms with E-state index in [-0.39, 0.29) is 5.91 Å². The Bertz CT molecular complexity index is 431. The molecule has 0 bridgehead atoms. The molecule has 1 aliphatic heterocycles. The predicted molar refractivity (Wildman–Crippen MR) is 78.1 cm³/mol. The first-order valence-corrected chi connectivity index (χ1v) is 7.21. The van der Waals surface area contributed by atoms with Crippen molar-refractivity contribution in [1.82, 2.24) is 10.6 Å². The molecule has 0 unspecified atom stereocenters. The minimum atomic E-state index is 0.116. The highest BCUT2D eigenvalue weighted by Gasteiger charge is 2.20. The van der Waals surface area contributed by atoms with E-state index in [1.165, 1.54) is 18.4 Å². The van der Waals surface area contributed by atoms with Gasteiger partial charge in [-0.15, -0.1) is 0 Å². The van der Waals surface area contributed by atoms with Crippen LogP contribution in [0.3, 0.4) is 0 Å². The fraction of sp³-hybridized carbons (Fsp3) is 0.562. The lowest BCUT2D eigenvalue weighted by Gasteiger charge is -2.30. The second-order valence-corrected chi connectivity index (χ2v) is 5.65. The minimum absolute atomic E-state index is 0.116. The van der Waals surface area contributed by atoms with Crippen LogP contribution in [0.1, 0.15) is 30.9 Å². The Morgan fingerprint density at radius 2 is 2.32 bits per heavy atom. The normalized spacial score (nSPS) is 23.1. The van der Waals surface area contributed by atoms with Crippen LogP contribution in [-0.4, -0.2) is 25.0 Å². The minimum Gasteiger partial charge on any atom is -0.354 e. The van der Waals surface area contributed by atoms with Gasteiger partial charge >= 0.3 is 0 Å². The molecular formula is C16H24N2O. The highest BCUT2D eigenvalue weighted by atomic mass is 16.1. The lowest BCUT2D eigenvalue weighted by molar-refractivity contribution is -0.120. The fourth-order valence-electron chi connectivity index (χ4n) is 2.68. The maximum Gasteiger partial charge on any atom is 0.224 e. The zero-order chi connectivity index (χ0) is 13.7. The van der Waals surface area contributed by atoms with Crippen LogP contribution in [0.25, 0.3) is 0 Å². The van der Waals surface area contributed by atoms with Crippen molar-refractivity contribution in [2.45, 2.75) is 39.2 Å². The first-order chi connectivity index (χ1) is 9.15. The zero-order valence-corrected chi connectivity index (χ0v) is 11.9. The summed E-state index contributed by atoms with van der Waals surface area (Å²) in [4.78, 5) is 11.9. The van der Waals surface area contributed by atoms with E-state index in [0.29, 0.717) is 18.4 Å². The van der Waals surface area contributed by atoms with E-state index >= 15 is 0 Å². The predicted octanol–water partition coefficient (Wildman–Crippen LogP) is 2.04. The third-order valence-electron chi connectivity index (χ3n) is 3.90. The average Bonchev–Trinajstić information content (AvgIpc) is 2.38. The molecule has 1 fully saturated rings. The smallest absolute Gasteiger partial charge is 0.224 e. The van der Waals surface area contributed by atoms with Crippen LogP contribution in [0, 0.1) is 12.8 Å². The van der Waals surface area contributed by atoms with E-state index < -0.39 is 0 Å². The number of piperidine rings is 1. The number of aryl methyl sites for hydroxylation is 1. The molecule has 1 aromatic carbocycles. The Hall–Kier alpha value is -1.35. The van der Waals surface area contributed by atoms with E-state index in [2.05, 4.69) is 36.6 Å². The molecule has 1 heterocycles. The van der Waals surface area contributed by atoms with Crippen molar-refractivity contribution in [3.63, 3.8) is 0 Å². The number of amides is 1. The summed E-state index contributed by atoms with van der Waals surface area (Å²) in [7, 11) is 0. The van der Waals surface area contributed by atoms with Gasteiger partial charge in [-0.2, -0.15) is 0 Å². The first kappa shape index (κ1) is 14.1. The summed E-state index contributed by atoms with van der Waals surface area (Å²) >= 11 is 0. The monoisotopic (exact) mass is 260 g/mol. The number of nitrogens with one attached hydrogen (secondary N) is 2. The standard InChI is InChI=1S/C16H24N2O/c1-12-5-3-7-14(9-12)10-16(19)18-11-15-13(2)6-4-8-17-15/h3,5,7,9,13,15,17H,4,6,8,10-11H2,1-2H3,(H,18,19)/t13-,15-/m0/s1. The Morgan fingerprint density at radius 1 is 1.47 bits per heavy atom. The maximum absolute atomic E-state index is 11.9. The SMILES string of the molecule is Cc1cccc(CC(=O)NC[C@@H]2NCCC[C@@H]2C)c1. The van der Waals surface area contributed by atoms with Gasteiger partial charge in [0, 0.05) is 12.6 Å². The molecule has 1 saturated heterocycles. The lowest BCUT2D eigenvalue weighted by atomic mass is 9.93. The van der Waals surface area contributed by atoms with Gasteiger partial charge in [0.25, 0.3) is 0 Å². The molecule has 0 spiro atoms. The third kappa shape index (κ3) is 4.35. The van der Waals surface area contributed by atoms with E-state index in [0.717, 1.165) is 18.7 Å². The summed E-state index contributed by atoms with van der Waals surface area (Å²) in [5.74, 6) is 0.762. The summed E-state index contributed by atoms with van der Waals surface area (Å²) in [5.41, 5.74) is 2.29. The molecule has 2 N–H and O–H groups in total. The van der Waals surface area contributed by atoms with Crippen molar-refractivity contribution < 1.29 is 4.79 Å². The molecule has 2 atom stereocenters. The largest absolute Gasteiger partial charge is 0.354 e. The van der Waals surface area contributed by atoms with Gasteiger partial charge in [-0.25, -0.2) is 0 Å². The zero-order valence-electron chi connectivity index (χ0n) is 11.9. The van der Waals surface area contributed by atoms with Crippen LogP contribution < -0.4 is 10.6 Å². The van der Waals surface area contributed by atoms with Crippen LogP contribution in [0.2, 0.25) is 0 Å². The van der Waals surface area contributed by atoms with Crippen LogP contribution in [0.4, 0.5) is 0 Å².